The van der Waals surface area contributed by atoms with Gasteiger partial charge < -0.3 is 34.5 Å². The van der Waals surface area contributed by atoms with E-state index in [2.05, 4.69) is 23.2 Å². The van der Waals surface area contributed by atoms with Gasteiger partial charge in [0.15, 0.2) is 0 Å². The Kier molecular flexibility index (Phi) is 13.8. The number of aliphatic hydroxyl groups excluding tert-OH is 2. The molecule has 2 fully saturated rings. The van der Waals surface area contributed by atoms with Crippen LogP contribution >= 0.6 is 0 Å². The molecule has 1 spiro atoms. The summed E-state index contributed by atoms with van der Waals surface area (Å²) in [6.45, 7) is -0.863. The van der Waals surface area contributed by atoms with E-state index >= 15 is 14.4 Å². The first-order chi connectivity index (χ1) is 33.3. The van der Waals surface area contributed by atoms with E-state index < -0.39 is 65.5 Å². The van der Waals surface area contributed by atoms with E-state index in [0.29, 0.717) is 22.3 Å². The van der Waals surface area contributed by atoms with Gasteiger partial charge in [0, 0.05) is 24.8 Å². The van der Waals surface area contributed by atoms with Gasteiger partial charge in [-0.15, -0.1) is 0 Å². The number of benzene rings is 5. The Morgan fingerprint density at radius 3 is 2.25 bits per heavy atom. The van der Waals surface area contributed by atoms with Gasteiger partial charge >= 0.3 is 12.1 Å². The fourth-order valence-corrected chi connectivity index (χ4v) is 10.4. The molecule has 2 saturated heterocycles. The second kappa shape index (κ2) is 20.4. The third-order valence-electron chi connectivity index (χ3n) is 13.3. The molecule has 4 aliphatic rings. The molecule has 9 rings (SSSR count). The highest BCUT2D eigenvalue weighted by Crippen LogP contribution is 2.66. The van der Waals surface area contributed by atoms with Crippen molar-refractivity contribution in [3.05, 3.63) is 178 Å². The van der Waals surface area contributed by atoms with Crippen LogP contribution in [0.25, 0.3) is 0 Å². The van der Waals surface area contributed by atoms with Crippen molar-refractivity contribution < 1.29 is 48.3 Å². The summed E-state index contributed by atoms with van der Waals surface area (Å²) >= 11 is 0. The maximum atomic E-state index is 16.5. The van der Waals surface area contributed by atoms with E-state index in [1.54, 1.807) is 66.7 Å². The fourth-order valence-electron chi connectivity index (χ4n) is 10.4. The zero-order valence-electron chi connectivity index (χ0n) is 37.7. The molecular weight excluding hydrogens is 863 g/mol. The number of carbonyl (C=O) groups is 4. The molecule has 3 heterocycles. The van der Waals surface area contributed by atoms with Gasteiger partial charge in [0.2, 0.25) is 11.8 Å². The van der Waals surface area contributed by atoms with Crippen LogP contribution in [0.4, 0.5) is 10.5 Å². The van der Waals surface area contributed by atoms with Crippen molar-refractivity contribution >= 4 is 29.6 Å². The van der Waals surface area contributed by atoms with Crippen LogP contribution in [0, 0.1) is 17.8 Å². The Morgan fingerprint density at radius 2 is 1.54 bits per heavy atom. The normalized spacial score (nSPS) is 23.4. The van der Waals surface area contributed by atoms with Gasteiger partial charge in [0.05, 0.1) is 43.0 Å². The maximum Gasteiger partial charge on any atom is 0.421 e. The average molecular weight is 916 g/mol. The number of anilines is 1. The molecule has 13 nitrogen and oxygen atoms in total. The molecule has 0 bridgehead atoms. The lowest BCUT2D eigenvalue weighted by molar-refractivity contribution is -0.178. The number of nitrogens with one attached hydrogen (secondary N) is 1. The van der Waals surface area contributed by atoms with Crippen LogP contribution in [0.2, 0.25) is 0 Å². The minimum atomic E-state index is -2.12. The molecule has 348 valence electrons. The first-order valence-corrected chi connectivity index (χ1v) is 23.0. The Bertz CT molecular complexity index is 2740. The number of hydrogen-bond acceptors (Lipinski definition) is 11. The zero-order valence-corrected chi connectivity index (χ0v) is 37.7. The summed E-state index contributed by atoms with van der Waals surface area (Å²) in [5, 5.41) is 24.5. The molecule has 0 unspecified atom stereocenters. The summed E-state index contributed by atoms with van der Waals surface area (Å²) in [5.74, 6) is 2.95. The number of amides is 3. The van der Waals surface area contributed by atoms with E-state index in [1.807, 2.05) is 71.6 Å². The Balaban J connectivity index is 1.34. The van der Waals surface area contributed by atoms with Gasteiger partial charge in [-0.25, -0.2) is 9.69 Å². The fraction of sp³-hybridized carbons (Fsp3) is 0.309. The van der Waals surface area contributed by atoms with Crippen molar-refractivity contribution in [3.63, 3.8) is 0 Å². The minimum Gasteiger partial charge on any atom is -0.491 e. The maximum absolute atomic E-state index is 16.5. The number of methoxy groups -OCH3 is 1. The quantitative estimate of drug-likeness (QED) is 0.0622. The van der Waals surface area contributed by atoms with E-state index in [9.17, 15) is 15.0 Å². The summed E-state index contributed by atoms with van der Waals surface area (Å²) in [5.41, 5.74) is 2.11. The first kappa shape index (κ1) is 46.0. The molecule has 5 aromatic rings. The van der Waals surface area contributed by atoms with Crippen LogP contribution in [0.15, 0.2) is 145 Å². The minimum absolute atomic E-state index is 0.0461. The second-order valence-corrected chi connectivity index (χ2v) is 17.3. The Labute approximate surface area is 395 Å². The van der Waals surface area contributed by atoms with Crippen molar-refractivity contribution in [3.8, 4) is 17.6 Å². The highest BCUT2D eigenvalue weighted by Gasteiger charge is 2.76. The number of ether oxygens (including phenoxy) is 4. The molecule has 3 N–H and O–H groups in total. The Hall–Kier alpha value is -7.08. The lowest BCUT2D eigenvalue weighted by Crippen LogP contribution is -2.56. The predicted molar refractivity (Wildman–Crippen MR) is 252 cm³/mol. The van der Waals surface area contributed by atoms with Crippen molar-refractivity contribution in [1.29, 1.82) is 0 Å². The third-order valence-corrected chi connectivity index (χ3v) is 13.3. The number of aliphatic hydroxyl groups is 2. The van der Waals surface area contributed by atoms with Gasteiger partial charge in [-0.2, -0.15) is 0 Å². The van der Waals surface area contributed by atoms with Gasteiger partial charge in [-0.3, -0.25) is 19.3 Å². The van der Waals surface area contributed by atoms with E-state index in [1.165, 1.54) is 7.11 Å². The topological polar surface area (TPSA) is 164 Å². The van der Waals surface area contributed by atoms with Gasteiger partial charge in [0.25, 0.3) is 0 Å². The lowest BCUT2D eigenvalue weighted by atomic mass is 9.65. The molecule has 5 aromatic carbocycles. The molecule has 1 aliphatic carbocycles. The smallest absolute Gasteiger partial charge is 0.421 e. The molecule has 3 aliphatic heterocycles. The molecule has 7 atom stereocenters. The number of esters is 1. The standard InChI is InChI=1S/C55H53N3O10/c1-65-32-33-67-54(64)57-43-29-28-37(27-26-36-16-6-2-7-17-36)34-42(43)55(53(57)63)46(51(61)56-35-44(60)38-18-8-3-9-19-38)48-52(62)68-49(40-22-12-5-13-23-40)47(39-20-10-4-11-21-39)58(48)50(55)41-24-14-15-25-45(41)66-31-30-59/h3-5,8-16,18-25,28-29,34,44,46-50,59-60H,2,6-7,17,30-33,35H2,1H3,(H,56,61)/t44-,46+,47+,48+,49-,50-,55+/m0/s1. The molecule has 0 aromatic heterocycles. The summed E-state index contributed by atoms with van der Waals surface area (Å²) in [4.78, 5) is 65.1. The molecular formula is C55H53N3O10. The SMILES string of the molecule is COCCOC(=O)N1C(=O)[C@@]2(c3cc(C#CC4=CCCCC4)ccc31)[C@H](c1ccccc1OCCO)N1[C@H](c3ccccc3)[C@H](c3ccccc3)OC(=O)[C@H]1[C@@H]2C(=O)NC[C@H](O)c1ccccc1. The molecule has 0 saturated carbocycles. The number of nitrogens with zero attached hydrogens (tertiary/aromatic N) is 2. The Morgan fingerprint density at radius 1 is 0.838 bits per heavy atom. The van der Waals surface area contributed by atoms with Crippen LogP contribution in [-0.2, 0) is 34.0 Å². The van der Waals surface area contributed by atoms with Crippen molar-refractivity contribution in [2.75, 3.05) is 45.0 Å². The third kappa shape index (κ3) is 8.56. The molecule has 3 amide bonds. The number of carbonyl (C=O) groups excluding carboxylic acids is 4. The summed E-state index contributed by atoms with van der Waals surface area (Å²) in [6.07, 6.45) is 2.84. The highest BCUT2D eigenvalue weighted by molar-refractivity contribution is 6.23. The number of hydrogen-bond donors (Lipinski definition) is 3. The van der Waals surface area contributed by atoms with Gasteiger partial charge in [0.1, 0.15) is 36.5 Å². The summed E-state index contributed by atoms with van der Waals surface area (Å²) in [7, 11) is 1.46. The van der Waals surface area contributed by atoms with E-state index in [0.717, 1.165) is 41.7 Å². The number of fused-ring (bicyclic) bond motifs is 3. The summed E-state index contributed by atoms with van der Waals surface area (Å²) in [6, 6.07) is 36.1. The molecule has 0 radical (unpaired) electrons. The number of rotatable bonds is 13. The second-order valence-electron chi connectivity index (χ2n) is 17.3. The van der Waals surface area contributed by atoms with E-state index in [-0.39, 0.29) is 50.0 Å². The first-order valence-electron chi connectivity index (χ1n) is 23.0. The van der Waals surface area contributed by atoms with Crippen molar-refractivity contribution in [1.82, 2.24) is 10.2 Å². The highest BCUT2D eigenvalue weighted by atomic mass is 16.6. The zero-order chi connectivity index (χ0) is 47.2. The average Bonchev–Trinajstić information content (AvgIpc) is 3.84. The molecule has 13 heteroatoms. The van der Waals surface area contributed by atoms with Crippen LogP contribution in [0.5, 0.6) is 5.75 Å². The van der Waals surface area contributed by atoms with Crippen molar-refractivity contribution in [2.24, 2.45) is 5.92 Å². The largest absolute Gasteiger partial charge is 0.491 e. The van der Waals surface area contributed by atoms with Crippen LogP contribution in [0.1, 0.15) is 83.4 Å². The van der Waals surface area contributed by atoms with E-state index in [4.69, 9.17) is 18.9 Å². The van der Waals surface area contributed by atoms with Crippen LogP contribution < -0.4 is 15.0 Å². The van der Waals surface area contributed by atoms with Gasteiger partial charge in [-0.1, -0.05) is 127 Å². The van der Waals surface area contributed by atoms with Crippen molar-refractivity contribution in [2.45, 2.75) is 61.4 Å². The monoisotopic (exact) mass is 915 g/mol. The molecule has 68 heavy (non-hydrogen) atoms. The number of allylic oxidation sites excluding steroid dienone is 2. The number of cyclic esters (lactones) is 1. The predicted octanol–water partition coefficient (Wildman–Crippen LogP) is 7.21. The van der Waals surface area contributed by atoms with Crippen LogP contribution in [0.3, 0.4) is 0 Å². The number of morpholine rings is 1. The summed E-state index contributed by atoms with van der Waals surface area (Å²) < 4.78 is 23.8. The number of para-hydroxylation sites is 1. The van der Waals surface area contributed by atoms with Crippen LogP contribution in [-0.4, -0.2) is 85.1 Å². The van der Waals surface area contributed by atoms with Gasteiger partial charge in [-0.05, 0) is 77.8 Å². The number of imide groups is 1. The lowest BCUT2D eigenvalue weighted by Gasteiger charge is -2.46.